The topological polar surface area (TPSA) is 144 Å². The Bertz CT molecular complexity index is 911. The molecular formula is C26H45NO7S. The highest BCUT2D eigenvalue weighted by Crippen LogP contribution is 2.69. The molecule has 4 aliphatic carbocycles. The summed E-state index contributed by atoms with van der Waals surface area (Å²) in [4.78, 5) is 12.2. The molecule has 0 aromatic carbocycles. The Morgan fingerprint density at radius 2 is 1.77 bits per heavy atom. The maximum atomic E-state index is 12.3. The van der Waals surface area contributed by atoms with Crippen molar-refractivity contribution in [3.63, 3.8) is 0 Å². The van der Waals surface area contributed by atoms with Crippen LogP contribution >= 0.6 is 0 Å². The lowest BCUT2D eigenvalue weighted by molar-refractivity contribution is -0.254. The summed E-state index contributed by atoms with van der Waals surface area (Å²) in [5.41, 5.74) is -1.27. The molecule has 1 amide bonds. The molecule has 0 saturated heterocycles. The minimum absolute atomic E-state index is 0.0180. The Hall–Kier alpha value is -0.740. The van der Waals surface area contributed by atoms with Crippen molar-refractivity contribution < 1.29 is 33.1 Å². The van der Waals surface area contributed by atoms with Crippen molar-refractivity contribution in [2.75, 3.05) is 12.3 Å². The first-order chi connectivity index (χ1) is 16.2. The van der Waals surface area contributed by atoms with E-state index in [1.807, 2.05) is 0 Å². The van der Waals surface area contributed by atoms with Gasteiger partial charge in [0.05, 0.1) is 23.6 Å². The van der Waals surface area contributed by atoms with Crippen LogP contribution in [0.5, 0.6) is 0 Å². The van der Waals surface area contributed by atoms with Gasteiger partial charge in [0.1, 0.15) is 0 Å². The summed E-state index contributed by atoms with van der Waals surface area (Å²) in [6, 6.07) is 0. The van der Waals surface area contributed by atoms with Gasteiger partial charge in [0.2, 0.25) is 5.91 Å². The monoisotopic (exact) mass is 515 g/mol. The van der Waals surface area contributed by atoms with Crippen LogP contribution < -0.4 is 5.32 Å². The fourth-order valence-electron chi connectivity index (χ4n) is 9.18. The van der Waals surface area contributed by atoms with E-state index in [9.17, 15) is 28.5 Å². The maximum Gasteiger partial charge on any atom is 0.266 e. The second-order valence-electron chi connectivity index (χ2n) is 12.7. The van der Waals surface area contributed by atoms with Crippen molar-refractivity contribution in [3.8, 4) is 0 Å². The van der Waals surface area contributed by atoms with Crippen LogP contribution in [0.4, 0.5) is 0 Å². The lowest BCUT2D eigenvalue weighted by Gasteiger charge is -2.65. The van der Waals surface area contributed by atoms with Crippen molar-refractivity contribution in [3.05, 3.63) is 0 Å². The standard InChI is InChI=1S/C26H45NO7S/c1-16(4-7-23(30)27-12-13-35(32,33)34)19-5-6-20-25(19,3)22(29)15-21-24(2)10-9-18(28)14-17(24)8-11-26(20,21)31/h16-22,28-29,31H,4-15H2,1-3H3,(H,27,30)(H,32,33,34)/t16-,17+,18+,19+,20+,21+,22-,24+,25+,26+/m1/s1. The van der Waals surface area contributed by atoms with Crippen molar-refractivity contribution in [1.82, 2.24) is 5.32 Å². The average Bonchev–Trinajstić information content (AvgIpc) is 3.14. The molecule has 35 heavy (non-hydrogen) atoms. The molecular weight excluding hydrogens is 470 g/mol. The van der Waals surface area contributed by atoms with E-state index in [1.54, 1.807) is 0 Å². The number of aliphatic hydroxyl groups excluding tert-OH is 2. The van der Waals surface area contributed by atoms with Gasteiger partial charge in [-0.3, -0.25) is 9.35 Å². The van der Waals surface area contributed by atoms with Crippen molar-refractivity contribution >= 4 is 16.0 Å². The van der Waals surface area contributed by atoms with Crippen LogP contribution in [-0.2, 0) is 14.9 Å². The summed E-state index contributed by atoms with van der Waals surface area (Å²) in [7, 11) is -4.10. The van der Waals surface area contributed by atoms with E-state index in [4.69, 9.17) is 4.55 Å². The summed E-state index contributed by atoms with van der Waals surface area (Å²) in [6.07, 6.45) is 6.61. The predicted octanol–water partition coefficient (Wildman–Crippen LogP) is 2.51. The Labute approximate surface area is 210 Å². The molecule has 4 saturated carbocycles. The van der Waals surface area contributed by atoms with Crippen LogP contribution in [0.3, 0.4) is 0 Å². The van der Waals surface area contributed by atoms with Crippen LogP contribution in [-0.4, -0.2) is 64.3 Å². The molecule has 8 nitrogen and oxygen atoms in total. The van der Waals surface area contributed by atoms with Gasteiger partial charge in [-0.2, -0.15) is 8.42 Å². The second kappa shape index (κ2) is 9.53. The number of hydrogen-bond acceptors (Lipinski definition) is 6. The minimum Gasteiger partial charge on any atom is -0.393 e. The van der Waals surface area contributed by atoms with Crippen molar-refractivity contribution in [2.24, 2.45) is 40.4 Å². The SMILES string of the molecule is C[C@H](CCC(=O)NCCS(=O)(=O)O)[C@@H]1CC[C@@H]2[C@@]3(O)CC[C@H]4C[C@@H](O)CC[C@]4(C)[C@@H]3C[C@@H](O)[C@]21C. The number of aliphatic hydroxyl groups is 3. The van der Waals surface area contributed by atoms with Crippen LogP contribution in [0.1, 0.15) is 85.0 Å². The van der Waals surface area contributed by atoms with Crippen molar-refractivity contribution in [2.45, 2.75) is 103 Å². The summed E-state index contributed by atoms with van der Waals surface area (Å²) in [5.74, 6) is 0.0702. The van der Waals surface area contributed by atoms with Gasteiger partial charge in [0, 0.05) is 18.4 Å². The zero-order chi connectivity index (χ0) is 25.8. The molecule has 0 aromatic rings. The molecule has 0 aromatic heterocycles. The van der Waals surface area contributed by atoms with Crippen LogP contribution in [0.15, 0.2) is 0 Å². The quantitative estimate of drug-likeness (QED) is 0.328. The number of carbonyl (C=O) groups is 1. The second-order valence-corrected chi connectivity index (χ2v) is 14.3. The maximum absolute atomic E-state index is 12.3. The number of amides is 1. The van der Waals surface area contributed by atoms with E-state index < -0.39 is 33.0 Å². The highest BCUT2D eigenvalue weighted by molar-refractivity contribution is 7.85. The number of hydrogen-bond donors (Lipinski definition) is 5. The third-order valence-electron chi connectivity index (χ3n) is 11.1. The van der Waals surface area contributed by atoms with E-state index in [0.717, 1.165) is 44.9 Å². The average molecular weight is 516 g/mol. The zero-order valence-electron chi connectivity index (χ0n) is 21.4. The van der Waals surface area contributed by atoms with Crippen LogP contribution in [0.25, 0.3) is 0 Å². The molecule has 0 radical (unpaired) electrons. The normalized spacial score (nSPS) is 46.3. The Morgan fingerprint density at radius 1 is 1.06 bits per heavy atom. The molecule has 0 aliphatic heterocycles. The molecule has 0 unspecified atom stereocenters. The molecule has 4 fully saturated rings. The van der Waals surface area contributed by atoms with Gasteiger partial charge in [0.15, 0.2) is 0 Å². The van der Waals surface area contributed by atoms with E-state index >= 15 is 0 Å². The number of fused-ring (bicyclic) bond motifs is 5. The number of carbonyl (C=O) groups excluding carboxylic acids is 1. The zero-order valence-corrected chi connectivity index (χ0v) is 22.3. The first kappa shape index (κ1) is 27.3. The minimum atomic E-state index is -4.10. The van der Waals surface area contributed by atoms with Gasteiger partial charge in [-0.15, -0.1) is 0 Å². The van der Waals surface area contributed by atoms with Crippen LogP contribution in [0.2, 0.25) is 0 Å². The molecule has 0 heterocycles. The summed E-state index contributed by atoms with van der Waals surface area (Å²) >= 11 is 0. The molecule has 0 spiro atoms. The fraction of sp³-hybridized carbons (Fsp3) is 0.962. The smallest absolute Gasteiger partial charge is 0.266 e. The largest absolute Gasteiger partial charge is 0.393 e. The van der Waals surface area contributed by atoms with E-state index in [1.165, 1.54) is 0 Å². The summed E-state index contributed by atoms with van der Waals surface area (Å²) in [5, 5.41) is 36.7. The van der Waals surface area contributed by atoms with E-state index in [2.05, 4.69) is 26.1 Å². The van der Waals surface area contributed by atoms with Gasteiger partial charge in [0.25, 0.3) is 10.1 Å². The van der Waals surface area contributed by atoms with Gasteiger partial charge < -0.3 is 20.6 Å². The molecule has 10 atom stereocenters. The molecule has 0 bridgehead atoms. The molecule has 4 rings (SSSR count). The first-order valence-corrected chi connectivity index (χ1v) is 15.1. The Morgan fingerprint density at radius 3 is 2.46 bits per heavy atom. The highest BCUT2D eigenvalue weighted by atomic mass is 32.2. The van der Waals surface area contributed by atoms with E-state index in [0.29, 0.717) is 18.8 Å². The molecule has 5 N–H and O–H groups in total. The number of nitrogens with one attached hydrogen (secondary N) is 1. The van der Waals surface area contributed by atoms with E-state index in [-0.39, 0.29) is 54.1 Å². The summed E-state index contributed by atoms with van der Waals surface area (Å²) in [6.45, 7) is 6.44. The van der Waals surface area contributed by atoms with Crippen molar-refractivity contribution in [1.29, 1.82) is 0 Å². The Balaban J connectivity index is 1.44. The summed E-state index contributed by atoms with van der Waals surface area (Å²) < 4.78 is 30.5. The molecule has 202 valence electrons. The third-order valence-corrected chi connectivity index (χ3v) is 11.8. The van der Waals surface area contributed by atoms with Crippen LogP contribution in [0, 0.1) is 40.4 Å². The first-order valence-electron chi connectivity index (χ1n) is 13.5. The van der Waals surface area contributed by atoms with Gasteiger partial charge >= 0.3 is 0 Å². The number of rotatable bonds is 7. The van der Waals surface area contributed by atoms with Gasteiger partial charge in [-0.1, -0.05) is 20.8 Å². The fourth-order valence-corrected chi connectivity index (χ4v) is 9.54. The molecule has 4 aliphatic rings. The molecule has 9 heteroatoms. The van der Waals surface area contributed by atoms with Gasteiger partial charge in [-0.05, 0) is 92.8 Å². The highest BCUT2D eigenvalue weighted by Gasteiger charge is 2.69. The lowest BCUT2D eigenvalue weighted by atomic mass is 9.42. The lowest BCUT2D eigenvalue weighted by Crippen LogP contribution is -2.67. The Kier molecular flexibility index (Phi) is 7.43. The third kappa shape index (κ3) is 4.80. The van der Waals surface area contributed by atoms with Gasteiger partial charge in [-0.25, -0.2) is 0 Å². The predicted molar refractivity (Wildman–Crippen MR) is 132 cm³/mol.